The van der Waals surface area contributed by atoms with E-state index in [-0.39, 0.29) is 22.2 Å². The Balaban J connectivity index is 1.71. The van der Waals surface area contributed by atoms with Crippen molar-refractivity contribution in [2.75, 3.05) is 4.90 Å². The summed E-state index contributed by atoms with van der Waals surface area (Å²) in [5, 5.41) is 22.6. The molecular weight excluding hydrogens is 468 g/mol. The first-order valence-corrected chi connectivity index (χ1v) is 11.4. The van der Waals surface area contributed by atoms with Crippen LogP contribution in [0.15, 0.2) is 66.4 Å². The molecule has 3 heterocycles. The minimum Gasteiger partial charge on any atom is -0.507 e. The lowest BCUT2D eigenvalue weighted by Gasteiger charge is -2.22. The highest BCUT2D eigenvalue weighted by Crippen LogP contribution is 2.44. The summed E-state index contributed by atoms with van der Waals surface area (Å²) in [4.78, 5) is 47.2. The number of Topliss-reactive ketones (excluding diaryl/α,β-unsaturated/α-hetero) is 1. The first-order chi connectivity index (χ1) is 16.8. The Kier molecular flexibility index (Phi) is 5.37. The van der Waals surface area contributed by atoms with Crippen molar-refractivity contribution < 1.29 is 19.6 Å². The van der Waals surface area contributed by atoms with Crippen molar-refractivity contribution in [3.8, 4) is 0 Å². The Bertz CT molecular complexity index is 1560. The molecule has 2 aromatic carbocycles. The second kappa shape index (κ2) is 8.41. The fourth-order valence-electron chi connectivity index (χ4n) is 4.01. The Morgan fingerprint density at radius 3 is 2.57 bits per heavy atom. The number of carbonyl (C=O) groups is 2. The van der Waals surface area contributed by atoms with Gasteiger partial charge in [-0.2, -0.15) is 0 Å². The van der Waals surface area contributed by atoms with E-state index in [2.05, 4.69) is 9.97 Å². The van der Waals surface area contributed by atoms with Crippen molar-refractivity contribution in [3.05, 3.63) is 98.9 Å². The number of aliphatic hydroxyl groups is 1. The van der Waals surface area contributed by atoms with Crippen LogP contribution in [0.4, 0.5) is 10.8 Å². The molecule has 0 bridgehead atoms. The number of non-ortho nitro benzene ring substituents is 1. The maximum absolute atomic E-state index is 13.3. The topological polar surface area (TPSA) is 127 Å². The largest absolute Gasteiger partial charge is 0.507 e. The van der Waals surface area contributed by atoms with E-state index in [0.29, 0.717) is 21.5 Å². The van der Waals surface area contributed by atoms with Gasteiger partial charge in [-0.25, -0.2) is 4.98 Å². The smallest absolute Gasteiger partial charge is 0.301 e. The highest BCUT2D eigenvalue weighted by molar-refractivity contribution is 7.22. The highest BCUT2D eigenvalue weighted by Gasteiger charge is 2.48. The summed E-state index contributed by atoms with van der Waals surface area (Å²) in [6.45, 7) is 3.82. The van der Waals surface area contributed by atoms with Gasteiger partial charge in [-0.1, -0.05) is 29.5 Å². The number of pyridine rings is 1. The molecule has 0 spiro atoms. The SMILES string of the molecule is Cc1ccc(/C(O)=C2\C(=O)C(=O)N(c3nc4ccc([N+](=O)[O-])cc4s3)C2c2ccccn2)cc1C. The van der Waals surface area contributed by atoms with Gasteiger partial charge in [0.05, 0.1) is 26.4 Å². The van der Waals surface area contributed by atoms with Gasteiger partial charge in [-0.3, -0.25) is 29.6 Å². The van der Waals surface area contributed by atoms with Gasteiger partial charge in [0.2, 0.25) is 0 Å². The van der Waals surface area contributed by atoms with Crippen LogP contribution in [0.2, 0.25) is 0 Å². The average molecular weight is 487 g/mol. The zero-order valence-corrected chi connectivity index (χ0v) is 19.4. The number of hydrogen-bond acceptors (Lipinski definition) is 8. The van der Waals surface area contributed by atoms with Crippen molar-refractivity contribution in [1.82, 2.24) is 9.97 Å². The van der Waals surface area contributed by atoms with Crippen LogP contribution in [-0.2, 0) is 9.59 Å². The molecule has 9 nitrogen and oxygen atoms in total. The van der Waals surface area contributed by atoms with Crippen LogP contribution in [0.1, 0.15) is 28.4 Å². The van der Waals surface area contributed by atoms with E-state index < -0.39 is 22.7 Å². The zero-order valence-electron chi connectivity index (χ0n) is 18.6. The van der Waals surface area contributed by atoms with E-state index in [9.17, 15) is 24.8 Å². The van der Waals surface area contributed by atoms with Gasteiger partial charge in [-0.05, 0) is 49.2 Å². The van der Waals surface area contributed by atoms with Gasteiger partial charge in [0, 0.05) is 23.9 Å². The number of benzene rings is 2. The average Bonchev–Trinajstić information content (AvgIpc) is 3.38. The van der Waals surface area contributed by atoms with Gasteiger partial charge in [-0.15, -0.1) is 0 Å². The number of rotatable bonds is 4. The Hall–Kier alpha value is -4.44. The molecule has 1 amide bonds. The van der Waals surface area contributed by atoms with E-state index in [1.54, 1.807) is 30.3 Å². The van der Waals surface area contributed by atoms with Crippen molar-refractivity contribution in [2.45, 2.75) is 19.9 Å². The van der Waals surface area contributed by atoms with E-state index in [4.69, 9.17) is 0 Å². The van der Waals surface area contributed by atoms with E-state index in [1.807, 2.05) is 19.9 Å². The Labute approximate surface area is 203 Å². The number of anilines is 1. The second-order valence-corrected chi connectivity index (χ2v) is 9.14. The monoisotopic (exact) mass is 486 g/mol. The standard InChI is InChI=1S/C25H18N4O5S/c1-13-6-7-15(11-14(13)2)22(30)20-21(18-5-3-4-10-26-18)28(24(32)23(20)31)25-27-17-9-8-16(29(33)34)12-19(17)35-25/h3-12,21,30H,1-2H3/b22-20+. The van der Waals surface area contributed by atoms with Crippen molar-refractivity contribution in [3.63, 3.8) is 0 Å². The molecule has 1 saturated heterocycles. The highest BCUT2D eigenvalue weighted by atomic mass is 32.1. The molecule has 1 N–H and O–H groups in total. The quantitative estimate of drug-likeness (QED) is 0.144. The fraction of sp³-hybridized carbons (Fsp3) is 0.120. The molecule has 0 saturated carbocycles. The lowest BCUT2D eigenvalue weighted by molar-refractivity contribution is -0.384. The molecule has 1 aliphatic rings. The van der Waals surface area contributed by atoms with Crippen LogP contribution in [0.25, 0.3) is 16.0 Å². The molecule has 1 aliphatic heterocycles. The molecule has 2 aromatic heterocycles. The number of fused-ring (bicyclic) bond motifs is 1. The molecule has 1 unspecified atom stereocenters. The van der Waals surface area contributed by atoms with Gasteiger partial charge in [0.1, 0.15) is 11.8 Å². The number of nitrogens with zero attached hydrogens (tertiary/aromatic N) is 4. The van der Waals surface area contributed by atoms with Gasteiger partial charge in [0.25, 0.3) is 11.5 Å². The molecule has 4 aromatic rings. The Morgan fingerprint density at radius 1 is 1.09 bits per heavy atom. The predicted octanol–water partition coefficient (Wildman–Crippen LogP) is 4.84. The number of nitro benzene ring substituents is 1. The van der Waals surface area contributed by atoms with Gasteiger partial charge < -0.3 is 5.11 Å². The third-order valence-corrected chi connectivity index (χ3v) is 6.99. The van der Waals surface area contributed by atoms with Crippen LogP contribution in [0.3, 0.4) is 0 Å². The summed E-state index contributed by atoms with van der Waals surface area (Å²) in [7, 11) is 0. The number of hydrogen-bond donors (Lipinski definition) is 1. The molecule has 1 fully saturated rings. The van der Waals surface area contributed by atoms with Crippen LogP contribution in [0.5, 0.6) is 0 Å². The lowest BCUT2D eigenvalue weighted by Crippen LogP contribution is -2.29. The number of thiazole rings is 1. The van der Waals surface area contributed by atoms with Crippen molar-refractivity contribution in [2.24, 2.45) is 0 Å². The molecular formula is C25H18N4O5S. The lowest BCUT2D eigenvalue weighted by atomic mass is 9.97. The maximum Gasteiger partial charge on any atom is 0.301 e. The maximum atomic E-state index is 13.3. The summed E-state index contributed by atoms with van der Waals surface area (Å²) in [6, 6.07) is 13.5. The summed E-state index contributed by atoms with van der Waals surface area (Å²) >= 11 is 1.05. The first-order valence-electron chi connectivity index (χ1n) is 10.6. The molecule has 0 aliphatic carbocycles. The Morgan fingerprint density at radius 2 is 1.89 bits per heavy atom. The molecule has 0 radical (unpaired) electrons. The number of aromatic nitrogens is 2. The minimum absolute atomic E-state index is 0.0952. The number of amides is 1. The zero-order chi connectivity index (χ0) is 24.9. The number of carbonyl (C=O) groups excluding carboxylic acids is 2. The number of nitro groups is 1. The van der Waals surface area contributed by atoms with Crippen LogP contribution in [0, 0.1) is 24.0 Å². The van der Waals surface area contributed by atoms with E-state index in [0.717, 1.165) is 22.5 Å². The molecule has 1 atom stereocenters. The predicted molar refractivity (Wildman–Crippen MR) is 131 cm³/mol. The summed E-state index contributed by atoms with van der Waals surface area (Å²) in [5.41, 5.74) is 2.98. The van der Waals surface area contributed by atoms with E-state index >= 15 is 0 Å². The number of ketones is 1. The second-order valence-electron chi connectivity index (χ2n) is 8.13. The number of aryl methyl sites for hydroxylation is 2. The van der Waals surface area contributed by atoms with Crippen LogP contribution < -0.4 is 4.90 Å². The molecule has 5 rings (SSSR count). The third-order valence-electron chi connectivity index (χ3n) is 5.97. The van der Waals surface area contributed by atoms with E-state index in [1.165, 1.54) is 29.3 Å². The normalized spacial score (nSPS) is 17.3. The summed E-state index contributed by atoms with van der Waals surface area (Å²) in [5.74, 6) is -2.03. The van der Waals surface area contributed by atoms with Crippen molar-refractivity contribution >= 4 is 49.8 Å². The van der Waals surface area contributed by atoms with Crippen LogP contribution in [-0.4, -0.2) is 31.7 Å². The third kappa shape index (κ3) is 3.73. The fourth-order valence-corrected chi connectivity index (χ4v) is 5.03. The summed E-state index contributed by atoms with van der Waals surface area (Å²) in [6.07, 6.45) is 1.53. The first kappa shape index (κ1) is 22.4. The van der Waals surface area contributed by atoms with Crippen LogP contribution >= 0.6 is 11.3 Å². The number of aliphatic hydroxyl groups excluding tert-OH is 1. The summed E-state index contributed by atoms with van der Waals surface area (Å²) < 4.78 is 0.491. The molecule has 174 valence electrons. The van der Waals surface area contributed by atoms with Gasteiger partial charge in [0.15, 0.2) is 5.13 Å². The molecule has 35 heavy (non-hydrogen) atoms. The van der Waals surface area contributed by atoms with Crippen molar-refractivity contribution in [1.29, 1.82) is 0 Å². The minimum atomic E-state index is -1.02. The van der Waals surface area contributed by atoms with Gasteiger partial charge >= 0.3 is 5.91 Å². The molecule has 10 heteroatoms.